The van der Waals surface area contributed by atoms with Crippen LogP contribution in [0, 0.1) is 6.92 Å². The van der Waals surface area contributed by atoms with Crippen molar-refractivity contribution in [3.05, 3.63) is 23.8 Å². The third-order valence-electron chi connectivity index (χ3n) is 3.66. The molecule has 1 aromatic rings. The molecule has 2 rings (SSSR count). The lowest BCUT2D eigenvalue weighted by Crippen LogP contribution is -2.42. The first kappa shape index (κ1) is 13.4. The fourth-order valence-electron chi connectivity index (χ4n) is 2.43. The van der Waals surface area contributed by atoms with Gasteiger partial charge in [-0.2, -0.15) is 4.31 Å². The highest BCUT2D eigenvalue weighted by atomic mass is 32.2. The molecular formula is C13H20N2O2S. The van der Waals surface area contributed by atoms with Gasteiger partial charge in [-0.05, 0) is 51.3 Å². The molecule has 0 bridgehead atoms. The summed E-state index contributed by atoms with van der Waals surface area (Å²) in [5.74, 6) is 0. The van der Waals surface area contributed by atoms with Crippen molar-refractivity contribution in [3.63, 3.8) is 0 Å². The summed E-state index contributed by atoms with van der Waals surface area (Å²) in [5, 5.41) is 0. The Morgan fingerprint density at radius 2 is 2.00 bits per heavy atom. The van der Waals surface area contributed by atoms with Gasteiger partial charge in [0.2, 0.25) is 10.0 Å². The van der Waals surface area contributed by atoms with Crippen molar-refractivity contribution in [1.82, 2.24) is 4.31 Å². The van der Waals surface area contributed by atoms with Crippen LogP contribution in [0.3, 0.4) is 0 Å². The summed E-state index contributed by atoms with van der Waals surface area (Å²) in [4.78, 5) is 0.292. The highest BCUT2D eigenvalue weighted by Gasteiger charge is 2.40. The Hall–Kier alpha value is -1.07. The lowest BCUT2D eigenvalue weighted by atomic mass is 10.0. The van der Waals surface area contributed by atoms with E-state index in [1.165, 1.54) is 0 Å². The molecule has 0 unspecified atom stereocenters. The summed E-state index contributed by atoms with van der Waals surface area (Å²) >= 11 is 0. The molecule has 1 aliphatic heterocycles. The summed E-state index contributed by atoms with van der Waals surface area (Å²) in [5.41, 5.74) is 6.91. The van der Waals surface area contributed by atoms with Crippen LogP contribution in [-0.2, 0) is 10.0 Å². The number of nitrogen functional groups attached to an aromatic ring is 1. The van der Waals surface area contributed by atoms with Gasteiger partial charge in [0.1, 0.15) is 0 Å². The van der Waals surface area contributed by atoms with E-state index in [4.69, 9.17) is 5.73 Å². The molecule has 1 fully saturated rings. The molecule has 0 aliphatic carbocycles. The maximum Gasteiger partial charge on any atom is 0.243 e. The zero-order valence-electron chi connectivity index (χ0n) is 11.1. The molecule has 0 atom stereocenters. The third kappa shape index (κ3) is 2.12. The first-order chi connectivity index (χ1) is 8.25. The van der Waals surface area contributed by atoms with Gasteiger partial charge < -0.3 is 5.73 Å². The minimum Gasteiger partial charge on any atom is -0.398 e. The maximum absolute atomic E-state index is 12.6. The van der Waals surface area contributed by atoms with Crippen molar-refractivity contribution in [2.45, 2.75) is 44.0 Å². The van der Waals surface area contributed by atoms with Crippen LogP contribution in [-0.4, -0.2) is 24.8 Å². The first-order valence-electron chi connectivity index (χ1n) is 6.14. The Kier molecular flexibility index (Phi) is 3.15. The van der Waals surface area contributed by atoms with Crippen LogP contribution < -0.4 is 5.73 Å². The molecule has 1 heterocycles. The monoisotopic (exact) mass is 268 g/mol. The van der Waals surface area contributed by atoms with Crippen LogP contribution in [0.25, 0.3) is 0 Å². The van der Waals surface area contributed by atoms with Crippen molar-refractivity contribution in [3.8, 4) is 0 Å². The van der Waals surface area contributed by atoms with Crippen LogP contribution in [0.1, 0.15) is 32.3 Å². The Bertz CT molecular complexity index is 564. The normalized spacial score (nSPS) is 20.2. The number of hydrogen-bond acceptors (Lipinski definition) is 3. The summed E-state index contributed by atoms with van der Waals surface area (Å²) < 4.78 is 26.8. The van der Waals surface area contributed by atoms with Crippen molar-refractivity contribution < 1.29 is 8.42 Å². The van der Waals surface area contributed by atoms with E-state index in [-0.39, 0.29) is 5.54 Å². The maximum atomic E-state index is 12.6. The summed E-state index contributed by atoms with van der Waals surface area (Å²) in [6.07, 6.45) is 1.81. The predicted molar refractivity (Wildman–Crippen MR) is 72.8 cm³/mol. The molecule has 5 heteroatoms. The quantitative estimate of drug-likeness (QED) is 0.836. The Labute approximate surface area is 109 Å². The molecule has 2 N–H and O–H groups in total. The number of sulfonamides is 1. The molecule has 0 aromatic heterocycles. The smallest absolute Gasteiger partial charge is 0.243 e. The number of anilines is 1. The second-order valence-electron chi connectivity index (χ2n) is 5.51. The molecule has 0 radical (unpaired) electrons. The Morgan fingerprint density at radius 1 is 1.33 bits per heavy atom. The number of benzene rings is 1. The van der Waals surface area contributed by atoms with Gasteiger partial charge in [-0.3, -0.25) is 0 Å². The van der Waals surface area contributed by atoms with E-state index in [0.29, 0.717) is 17.1 Å². The van der Waals surface area contributed by atoms with Crippen LogP contribution in [0.15, 0.2) is 23.1 Å². The average molecular weight is 268 g/mol. The number of nitrogens with zero attached hydrogens (tertiary/aromatic N) is 1. The van der Waals surface area contributed by atoms with E-state index >= 15 is 0 Å². The molecule has 100 valence electrons. The molecule has 0 amide bonds. The molecule has 0 spiro atoms. The van der Waals surface area contributed by atoms with Gasteiger partial charge in [-0.1, -0.05) is 6.07 Å². The lowest BCUT2D eigenvalue weighted by Gasteiger charge is -2.30. The molecular weight excluding hydrogens is 248 g/mol. The van der Waals surface area contributed by atoms with E-state index in [0.717, 1.165) is 18.4 Å². The predicted octanol–water partition coefficient (Wildman–Crippen LogP) is 2.14. The van der Waals surface area contributed by atoms with E-state index in [9.17, 15) is 8.42 Å². The lowest BCUT2D eigenvalue weighted by molar-refractivity contribution is 0.292. The summed E-state index contributed by atoms with van der Waals surface area (Å²) in [6, 6.07) is 4.94. The largest absolute Gasteiger partial charge is 0.398 e. The van der Waals surface area contributed by atoms with Gasteiger partial charge in [0, 0.05) is 17.8 Å². The molecule has 1 aliphatic rings. The van der Waals surface area contributed by atoms with Crippen LogP contribution >= 0.6 is 0 Å². The second-order valence-corrected chi connectivity index (χ2v) is 7.37. The van der Waals surface area contributed by atoms with E-state index in [2.05, 4.69) is 0 Å². The SMILES string of the molecule is Cc1ccc(S(=O)(=O)N2CCCC2(C)C)cc1N. The van der Waals surface area contributed by atoms with Crippen molar-refractivity contribution in [2.75, 3.05) is 12.3 Å². The third-order valence-corrected chi connectivity index (χ3v) is 5.77. The van der Waals surface area contributed by atoms with Crippen LogP contribution in [0.2, 0.25) is 0 Å². The second kappa shape index (κ2) is 4.24. The van der Waals surface area contributed by atoms with Gasteiger partial charge in [0.25, 0.3) is 0 Å². The minimum absolute atomic E-state index is 0.292. The van der Waals surface area contributed by atoms with Crippen molar-refractivity contribution >= 4 is 15.7 Å². The van der Waals surface area contributed by atoms with E-state index in [1.807, 2.05) is 20.8 Å². The fraction of sp³-hybridized carbons (Fsp3) is 0.538. The highest BCUT2D eigenvalue weighted by Crippen LogP contribution is 2.34. The van der Waals surface area contributed by atoms with Gasteiger partial charge in [-0.15, -0.1) is 0 Å². The zero-order chi connectivity index (χ0) is 13.6. The first-order valence-corrected chi connectivity index (χ1v) is 7.58. The molecule has 1 saturated heterocycles. The van der Waals surface area contributed by atoms with Gasteiger partial charge in [0.15, 0.2) is 0 Å². The zero-order valence-corrected chi connectivity index (χ0v) is 11.9. The average Bonchev–Trinajstić information content (AvgIpc) is 2.62. The molecule has 18 heavy (non-hydrogen) atoms. The standard InChI is InChI=1S/C13H20N2O2S/c1-10-5-6-11(9-12(10)14)18(16,17)15-8-4-7-13(15,2)3/h5-6,9H,4,7-8,14H2,1-3H3. The van der Waals surface area contributed by atoms with Crippen LogP contribution in [0.5, 0.6) is 0 Å². The van der Waals surface area contributed by atoms with Crippen LogP contribution in [0.4, 0.5) is 5.69 Å². The molecule has 4 nitrogen and oxygen atoms in total. The number of aryl methyl sites for hydroxylation is 1. The van der Waals surface area contributed by atoms with E-state index < -0.39 is 10.0 Å². The Morgan fingerprint density at radius 3 is 2.50 bits per heavy atom. The Balaban J connectivity index is 2.45. The summed E-state index contributed by atoms with van der Waals surface area (Å²) in [6.45, 7) is 6.39. The summed E-state index contributed by atoms with van der Waals surface area (Å²) in [7, 11) is -3.43. The number of hydrogen-bond donors (Lipinski definition) is 1. The minimum atomic E-state index is -3.43. The van der Waals surface area contributed by atoms with Gasteiger partial charge in [-0.25, -0.2) is 8.42 Å². The number of rotatable bonds is 2. The van der Waals surface area contributed by atoms with Gasteiger partial charge in [0.05, 0.1) is 4.90 Å². The highest BCUT2D eigenvalue weighted by molar-refractivity contribution is 7.89. The fourth-order valence-corrected chi connectivity index (χ4v) is 4.32. The molecule has 0 saturated carbocycles. The van der Waals surface area contributed by atoms with Crippen molar-refractivity contribution in [1.29, 1.82) is 0 Å². The molecule has 1 aromatic carbocycles. The topological polar surface area (TPSA) is 63.4 Å². The van der Waals surface area contributed by atoms with Crippen molar-refractivity contribution in [2.24, 2.45) is 0 Å². The van der Waals surface area contributed by atoms with E-state index in [1.54, 1.807) is 22.5 Å². The number of nitrogens with two attached hydrogens (primary N) is 1. The van der Waals surface area contributed by atoms with Gasteiger partial charge >= 0.3 is 0 Å².